The normalized spacial score (nSPS) is 16.9. The zero-order chi connectivity index (χ0) is 10.8. The molecular formula is C11H14N2O2. The van der Waals surface area contributed by atoms with Crippen molar-refractivity contribution in [2.45, 2.75) is 38.5 Å². The minimum Gasteiger partial charge on any atom is -0.477 e. The molecule has 4 heteroatoms. The van der Waals surface area contributed by atoms with Gasteiger partial charge in [-0.1, -0.05) is 12.8 Å². The molecule has 0 saturated heterocycles. The van der Waals surface area contributed by atoms with Crippen molar-refractivity contribution in [2.75, 3.05) is 0 Å². The Bertz CT molecular complexity index is 384. The smallest absolute Gasteiger partial charge is 0.354 e. The molecule has 1 aromatic rings. The van der Waals surface area contributed by atoms with Gasteiger partial charge in [0.05, 0.1) is 0 Å². The van der Waals surface area contributed by atoms with Crippen LogP contribution < -0.4 is 0 Å². The van der Waals surface area contributed by atoms with Gasteiger partial charge in [0.15, 0.2) is 5.69 Å². The van der Waals surface area contributed by atoms with Crippen molar-refractivity contribution < 1.29 is 9.90 Å². The second-order valence-electron chi connectivity index (χ2n) is 4.01. The third kappa shape index (κ3) is 1.98. The van der Waals surface area contributed by atoms with Gasteiger partial charge in [-0.25, -0.2) is 14.8 Å². The minimum absolute atomic E-state index is 0.189. The van der Waals surface area contributed by atoms with Gasteiger partial charge < -0.3 is 5.11 Å². The summed E-state index contributed by atoms with van der Waals surface area (Å²) in [5.74, 6) is -0.0757. The van der Waals surface area contributed by atoms with Gasteiger partial charge in [0.2, 0.25) is 0 Å². The van der Waals surface area contributed by atoms with E-state index in [2.05, 4.69) is 9.97 Å². The average molecular weight is 206 g/mol. The molecule has 1 saturated carbocycles. The van der Waals surface area contributed by atoms with E-state index >= 15 is 0 Å². The highest BCUT2D eigenvalue weighted by molar-refractivity contribution is 5.87. The Morgan fingerprint density at radius 3 is 2.73 bits per heavy atom. The number of aromatic nitrogens is 2. The molecule has 1 aliphatic carbocycles. The average Bonchev–Trinajstić information content (AvgIpc) is 2.70. The van der Waals surface area contributed by atoms with Gasteiger partial charge in [0.1, 0.15) is 5.82 Å². The SMILES string of the molecule is Cc1ncc(C2CCCC2)c(C(=O)O)n1. The molecule has 2 rings (SSSR count). The summed E-state index contributed by atoms with van der Waals surface area (Å²) in [6.45, 7) is 1.71. The van der Waals surface area contributed by atoms with Crippen LogP contribution >= 0.6 is 0 Å². The summed E-state index contributed by atoms with van der Waals surface area (Å²) >= 11 is 0. The van der Waals surface area contributed by atoms with Gasteiger partial charge in [-0.2, -0.15) is 0 Å². The van der Waals surface area contributed by atoms with Crippen molar-refractivity contribution in [1.82, 2.24) is 9.97 Å². The highest BCUT2D eigenvalue weighted by atomic mass is 16.4. The van der Waals surface area contributed by atoms with Crippen molar-refractivity contribution in [3.05, 3.63) is 23.3 Å². The lowest BCUT2D eigenvalue weighted by Crippen LogP contribution is -2.10. The van der Waals surface area contributed by atoms with Crippen LogP contribution in [0.4, 0.5) is 0 Å². The molecule has 1 N–H and O–H groups in total. The summed E-state index contributed by atoms with van der Waals surface area (Å²) in [5, 5.41) is 9.06. The number of aryl methyl sites for hydroxylation is 1. The standard InChI is InChI=1S/C11H14N2O2/c1-7-12-6-9(8-4-2-3-5-8)10(13-7)11(14)15/h6,8H,2-5H2,1H3,(H,14,15). The van der Waals surface area contributed by atoms with Crippen molar-refractivity contribution >= 4 is 5.97 Å². The number of carboxylic acid groups (broad SMARTS) is 1. The Balaban J connectivity index is 2.40. The summed E-state index contributed by atoms with van der Waals surface area (Å²) in [7, 11) is 0. The van der Waals surface area contributed by atoms with E-state index in [1.54, 1.807) is 13.1 Å². The van der Waals surface area contributed by atoms with Gasteiger partial charge in [0, 0.05) is 11.8 Å². The van der Waals surface area contributed by atoms with Crippen LogP contribution in [0.15, 0.2) is 6.20 Å². The highest BCUT2D eigenvalue weighted by Crippen LogP contribution is 2.34. The summed E-state index contributed by atoms with van der Waals surface area (Å²) in [5.41, 5.74) is 1.00. The molecule has 0 bridgehead atoms. The highest BCUT2D eigenvalue weighted by Gasteiger charge is 2.23. The second kappa shape index (κ2) is 3.96. The molecule has 1 aliphatic rings. The minimum atomic E-state index is -0.942. The van der Waals surface area contributed by atoms with Crippen molar-refractivity contribution in [3.8, 4) is 0 Å². The van der Waals surface area contributed by atoms with Gasteiger partial charge in [0.25, 0.3) is 0 Å². The number of rotatable bonds is 2. The number of hydrogen-bond donors (Lipinski definition) is 1. The lowest BCUT2D eigenvalue weighted by Gasteiger charge is -2.11. The topological polar surface area (TPSA) is 63.1 Å². The van der Waals surface area contributed by atoms with Crippen LogP contribution in [-0.4, -0.2) is 21.0 Å². The number of nitrogens with zero attached hydrogens (tertiary/aromatic N) is 2. The van der Waals surface area contributed by atoms with Crippen LogP contribution in [0.2, 0.25) is 0 Å². The maximum absolute atomic E-state index is 11.0. The van der Waals surface area contributed by atoms with E-state index in [4.69, 9.17) is 5.11 Å². The molecule has 1 heterocycles. The largest absolute Gasteiger partial charge is 0.477 e. The predicted molar refractivity (Wildman–Crippen MR) is 54.9 cm³/mol. The van der Waals surface area contributed by atoms with Crippen LogP contribution in [0, 0.1) is 6.92 Å². The first-order valence-electron chi connectivity index (χ1n) is 5.25. The molecule has 80 valence electrons. The molecule has 1 aromatic heterocycles. The Kier molecular flexibility index (Phi) is 2.66. The van der Waals surface area contributed by atoms with E-state index in [0.717, 1.165) is 18.4 Å². The number of carboxylic acids is 1. The maximum Gasteiger partial charge on any atom is 0.354 e. The van der Waals surface area contributed by atoms with E-state index < -0.39 is 5.97 Å². The Morgan fingerprint density at radius 1 is 1.47 bits per heavy atom. The maximum atomic E-state index is 11.0. The third-order valence-electron chi connectivity index (χ3n) is 2.94. The van der Waals surface area contributed by atoms with E-state index in [-0.39, 0.29) is 5.69 Å². The molecule has 4 nitrogen and oxygen atoms in total. The zero-order valence-electron chi connectivity index (χ0n) is 8.73. The van der Waals surface area contributed by atoms with E-state index in [0.29, 0.717) is 11.7 Å². The van der Waals surface area contributed by atoms with Gasteiger partial charge >= 0.3 is 5.97 Å². The Morgan fingerprint density at radius 2 is 2.13 bits per heavy atom. The number of aromatic carboxylic acids is 1. The third-order valence-corrected chi connectivity index (χ3v) is 2.94. The van der Waals surface area contributed by atoms with Gasteiger partial charge in [-0.3, -0.25) is 0 Å². The molecule has 0 unspecified atom stereocenters. The molecule has 0 spiro atoms. The quantitative estimate of drug-likeness (QED) is 0.805. The first-order chi connectivity index (χ1) is 7.18. The molecule has 0 aliphatic heterocycles. The lowest BCUT2D eigenvalue weighted by molar-refractivity contribution is 0.0688. The van der Waals surface area contributed by atoms with Crippen LogP contribution in [0.3, 0.4) is 0 Å². The fourth-order valence-corrected chi connectivity index (χ4v) is 2.19. The van der Waals surface area contributed by atoms with E-state index in [1.165, 1.54) is 12.8 Å². The molecular weight excluding hydrogens is 192 g/mol. The molecule has 0 amide bonds. The van der Waals surface area contributed by atoms with E-state index in [9.17, 15) is 4.79 Å². The molecule has 0 aromatic carbocycles. The zero-order valence-corrected chi connectivity index (χ0v) is 8.73. The van der Waals surface area contributed by atoms with Crippen molar-refractivity contribution in [3.63, 3.8) is 0 Å². The van der Waals surface area contributed by atoms with Crippen LogP contribution in [-0.2, 0) is 0 Å². The van der Waals surface area contributed by atoms with Gasteiger partial charge in [-0.05, 0) is 25.7 Å². The van der Waals surface area contributed by atoms with Crippen LogP contribution in [0.25, 0.3) is 0 Å². The molecule has 15 heavy (non-hydrogen) atoms. The van der Waals surface area contributed by atoms with Crippen molar-refractivity contribution in [2.24, 2.45) is 0 Å². The second-order valence-corrected chi connectivity index (χ2v) is 4.01. The Labute approximate surface area is 88.4 Å². The molecule has 0 radical (unpaired) electrons. The summed E-state index contributed by atoms with van der Waals surface area (Å²) in [4.78, 5) is 19.1. The molecule has 1 fully saturated rings. The number of hydrogen-bond acceptors (Lipinski definition) is 3. The van der Waals surface area contributed by atoms with Crippen LogP contribution in [0.1, 0.15) is 53.5 Å². The fourth-order valence-electron chi connectivity index (χ4n) is 2.19. The first-order valence-corrected chi connectivity index (χ1v) is 5.25. The summed E-state index contributed by atoms with van der Waals surface area (Å²) < 4.78 is 0. The molecule has 0 atom stereocenters. The predicted octanol–water partition coefficient (Wildman–Crippen LogP) is 2.14. The number of carbonyl (C=O) groups is 1. The summed E-state index contributed by atoms with van der Waals surface area (Å²) in [6.07, 6.45) is 6.16. The Hall–Kier alpha value is -1.45. The first kappa shape index (κ1) is 10.1. The van der Waals surface area contributed by atoms with Crippen molar-refractivity contribution in [1.29, 1.82) is 0 Å². The lowest BCUT2D eigenvalue weighted by atomic mass is 9.97. The van der Waals surface area contributed by atoms with Gasteiger partial charge in [-0.15, -0.1) is 0 Å². The van der Waals surface area contributed by atoms with Crippen LogP contribution in [0.5, 0.6) is 0 Å². The fraction of sp³-hybridized carbons (Fsp3) is 0.545. The summed E-state index contributed by atoms with van der Waals surface area (Å²) in [6, 6.07) is 0. The monoisotopic (exact) mass is 206 g/mol. The van der Waals surface area contributed by atoms with E-state index in [1.807, 2.05) is 0 Å².